The standard InChI is InChI=1S/C15H17N5S/c1-9-17-11-5-8-21-13(11)14(18-9)19-12(10-3-4-10)15-16-6-7-20(15)2/h5-8,10,12H,3-4H2,1-2H3,(H,17,18,19)/t12-/m1/s1. The molecule has 1 aliphatic carbocycles. The Bertz CT molecular complexity index is 786. The number of fused-ring (bicyclic) bond motifs is 1. The van der Waals surface area contributed by atoms with Crippen molar-refractivity contribution in [2.75, 3.05) is 5.32 Å². The minimum Gasteiger partial charge on any atom is -0.359 e. The van der Waals surface area contributed by atoms with Crippen molar-refractivity contribution < 1.29 is 0 Å². The van der Waals surface area contributed by atoms with E-state index in [1.165, 1.54) is 12.8 Å². The van der Waals surface area contributed by atoms with E-state index in [1.54, 1.807) is 11.3 Å². The largest absolute Gasteiger partial charge is 0.359 e. The molecule has 21 heavy (non-hydrogen) atoms. The van der Waals surface area contributed by atoms with Crippen LogP contribution in [0.15, 0.2) is 23.8 Å². The molecular formula is C15H17N5S. The van der Waals surface area contributed by atoms with Crippen molar-refractivity contribution in [1.82, 2.24) is 19.5 Å². The Morgan fingerprint density at radius 1 is 1.38 bits per heavy atom. The van der Waals surface area contributed by atoms with Crippen LogP contribution in [0.5, 0.6) is 0 Å². The van der Waals surface area contributed by atoms with Gasteiger partial charge in [0.25, 0.3) is 0 Å². The Hall–Kier alpha value is -1.95. The van der Waals surface area contributed by atoms with Gasteiger partial charge in [0.1, 0.15) is 17.5 Å². The molecule has 0 bridgehead atoms. The number of aryl methyl sites for hydroxylation is 2. The van der Waals surface area contributed by atoms with Crippen molar-refractivity contribution in [2.24, 2.45) is 13.0 Å². The van der Waals surface area contributed by atoms with Gasteiger partial charge >= 0.3 is 0 Å². The van der Waals surface area contributed by atoms with Gasteiger partial charge in [-0.1, -0.05) is 0 Å². The number of rotatable bonds is 4. The van der Waals surface area contributed by atoms with Gasteiger partial charge in [-0.2, -0.15) is 0 Å². The zero-order valence-corrected chi connectivity index (χ0v) is 12.9. The first-order chi connectivity index (χ1) is 10.2. The Morgan fingerprint density at radius 3 is 2.95 bits per heavy atom. The number of anilines is 1. The highest BCUT2D eigenvalue weighted by Gasteiger charge is 2.35. The highest BCUT2D eigenvalue weighted by Crippen LogP contribution is 2.43. The maximum atomic E-state index is 4.61. The summed E-state index contributed by atoms with van der Waals surface area (Å²) in [6.45, 7) is 1.94. The van der Waals surface area contributed by atoms with E-state index in [0.717, 1.165) is 27.7 Å². The average Bonchev–Trinajstić information content (AvgIpc) is 3.04. The van der Waals surface area contributed by atoms with Crippen LogP contribution in [0.4, 0.5) is 5.82 Å². The first-order valence-corrected chi connectivity index (χ1v) is 8.06. The lowest BCUT2D eigenvalue weighted by atomic mass is 10.1. The normalized spacial score (nSPS) is 16.3. The molecule has 5 nitrogen and oxygen atoms in total. The van der Waals surface area contributed by atoms with Crippen molar-refractivity contribution in [3.8, 4) is 0 Å². The second-order valence-electron chi connectivity index (χ2n) is 5.61. The van der Waals surface area contributed by atoms with Gasteiger partial charge in [0.15, 0.2) is 0 Å². The quantitative estimate of drug-likeness (QED) is 0.803. The van der Waals surface area contributed by atoms with Crippen LogP contribution in [0.1, 0.15) is 30.5 Å². The molecule has 3 aromatic rings. The summed E-state index contributed by atoms with van der Waals surface area (Å²) in [6, 6.07) is 2.27. The van der Waals surface area contributed by atoms with Gasteiger partial charge < -0.3 is 9.88 Å². The molecule has 0 saturated heterocycles. The molecule has 6 heteroatoms. The van der Waals surface area contributed by atoms with Crippen molar-refractivity contribution in [3.63, 3.8) is 0 Å². The maximum Gasteiger partial charge on any atom is 0.148 e. The second-order valence-corrected chi connectivity index (χ2v) is 6.53. The monoisotopic (exact) mass is 299 g/mol. The average molecular weight is 299 g/mol. The van der Waals surface area contributed by atoms with E-state index < -0.39 is 0 Å². The fourth-order valence-electron chi connectivity index (χ4n) is 2.72. The Morgan fingerprint density at radius 2 is 2.24 bits per heavy atom. The molecule has 0 unspecified atom stereocenters. The van der Waals surface area contributed by atoms with Gasteiger partial charge in [-0.15, -0.1) is 11.3 Å². The summed E-state index contributed by atoms with van der Waals surface area (Å²) in [5, 5.41) is 5.70. The molecule has 1 N–H and O–H groups in total. The van der Waals surface area contributed by atoms with Crippen molar-refractivity contribution in [1.29, 1.82) is 0 Å². The molecule has 3 heterocycles. The number of hydrogen-bond acceptors (Lipinski definition) is 5. The van der Waals surface area contributed by atoms with Crippen LogP contribution in [0.2, 0.25) is 0 Å². The van der Waals surface area contributed by atoms with Crippen LogP contribution in [-0.4, -0.2) is 19.5 Å². The number of imidazole rings is 1. The zero-order valence-electron chi connectivity index (χ0n) is 12.1. The van der Waals surface area contributed by atoms with Crippen LogP contribution in [-0.2, 0) is 7.05 Å². The van der Waals surface area contributed by atoms with E-state index >= 15 is 0 Å². The van der Waals surface area contributed by atoms with Crippen LogP contribution in [0.25, 0.3) is 10.2 Å². The molecule has 1 atom stereocenters. The molecular weight excluding hydrogens is 282 g/mol. The van der Waals surface area contributed by atoms with Crippen molar-refractivity contribution in [2.45, 2.75) is 25.8 Å². The molecule has 3 aromatic heterocycles. The molecule has 108 valence electrons. The highest BCUT2D eigenvalue weighted by atomic mass is 32.1. The van der Waals surface area contributed by atoms with Gasteiger partial charge in [-0.05, 0) is 37.1 Å². The summed E-state index contributed by atoms with van der Waals surface area (Å²) in [7, 11) is 2.05. The molecule has 0 amide bonds. The van der Waals surface area contributed by atoms with Gasteiger partial charge in [-0.25, -0.2) is 15.0 Å². The van der Waals surface area contributed by atoms with Crippen molar-refractivity contribution in [3.05, 3.63) is 35.5 Å². The molecule has 0 aromatic carbocycles. The van der Waals surface area contributed by atoms with E-state index in [4.69, 9.17) is 0 Å². The summed E-state index contributed by atoms with van der Waals surface area (Å²) >= 11 is 1.68. The maximum absolute atomic E-state index is 4.61. The summed E-state index contributed by atoms with van der Waals surface area (Å²) < 4.78 is 3.22. The summed E-state index contributed by atoms with van der Waals surface area (Å²) in [4.78, 5) is 13.6. The summed E-state index contributed by atoms with van der Waals surface area (Å²) in [6.07, 6.45) is 6.36. The molecule has 0 radical (unpaired) electrons. The van der Waals surface area contributed by atoms with Crippen LogP contribution in [0, 0.1) is 12.8 Å². The minimum absolute atomic E-state index is 0.226. The second kappa shape index (κ2) is 4.80. The lowest BCUT2D eigenvalue weighted by molar-refractivity contribution is 0.605. The molecule has 1 saturated carbocycles. The topological polar surface area (TPSA) is 55.6 Å². The zero-order chi connectivity index (χ0) is 14.4. The highest BCUT2D eigenvalue weighted by molar-refractivity contribution is 7.17. The van der Waals surface area contributed by atoms with Crippen LogP contribution in [0.3, 0.4) is 0 Å². The molecule has 0 aliphatic heterocycles. The van der Waals surface area contributed by atoms with E-state index in [9.17, 15) is 0 Å². The third-order valence-corrected chi connectivity index (χ3v) is 4.85. The van der Waals surface area contributed by atoms with E-state index in [-0.39, 0.29) is 6.04 Å². The Labute approximate surface area is 127 Å². The fraction of sp³-hybridized carbons (Fsp3) is 0.400. The predicted molar refractivity (Wildman–Crippen MR) is 84.4 cm³/mol. The van der Waals surface area contributed by atoms with Gasteiger partial charge in [-0.3, -0.25) is 0 Å². The molecule has 1 aliphatic rings. The molecule has 1 fully saturated rings. The summed E-state index contributed by atoms with van der Waals surface area (Å²) in [5.74, 6) is 3.47. The lowest BCUT2D eigenvalue weighted by Crippen LogP contribution is -2.18. The van der Waals surface area contributed by atoms with Crippen molar-refractivity contribution >= 4 is 27.4 Å². The summed E-state index contributed by atoms with van der Waals surface area (Å²) in [5.41, 5.74) is 1.02. The first-order valence-electron chi connectivity index (χ1n) is 7.18. The van der Waals surface area contributed by atoms with E-state index in [1.807, 2.05) is 32.4 Å². The number of thiophene rings is 1. The lowest BCUT2D eigenvalue weighted by Gasteiger charge is -2.19. The Kier molecular flexibility index (Phi) is 2.92. The fourth-order valence-corrected chi connectivity index (χ4v) is 3.51. The van der Waals surface area contributed by atoms with E-state index in [2.05, 4.69) is 30.2 Å². The minimum atomic E-state index is 0.226. The SMILES string of the molecule is Cc1nc(N[C@@H](c2nccn2C)C2CC2)c2sccc2n1. The third kappa shape index (κ3) is 2.29. The molecule has 4 rings (SSSR count). The smallest absolute Gasteiger partial charge is 0.148 e. The number of nitrogens with zero attached hydrogens (tertiary/aromatic N) is 4. The van der Waals surface area contributed by atoms with Gasteiger partial charge in [0, 0.05) is 19.4 Å². The number of hydrogen-bond donors (Lipinski definition) is 1. The van der Waals surface area contributed by atoms with Crippen LogP contribution >= 0.6 is 11.3 Å². The predicted octanol–water partition coefficient (Wildman–Crippen LogP) is 3.30. The Balaban J connectivity index is 1.75. The first kappa shape index (κ1) is 12.8. The van der Waals surface area contributed by atoms with E-state index in [0.29, 0.717) is 5.92 Å². The number of nitrogens with one attached hydrogen (secondary N) is 1. The third-order valence-electron chi connectivity index (χ3n) is 3.94. The van der Waals surface area contributed by atoms with Gasteiger partial charge in [0.05, 0.1) is 16.3 Å². The molecule has 0 spiro atoms. The number of aromatic nitrogens is 4. The van der Waals surface area contributed by atoms with Gasteiger partial charge in [0.2, 0.25) is 0 Å². The van der Waals surface area contributed by atoms with Crippen LogP contribution < -0.4 is 5.32 Å².